The van der Waals surface area contributed by atoms with Gasteiger partial charge >= 0.3 is 0 Å². The van der Waals surface area contributed by atoms with E-state index in [0.717, 1.165) is 16.9 Å². The molecule has 5 nitrogen and oxygen atoms in total. The normalized spacial score (nSPS) is 10.2. The van der Waals surface area contributed by atoms with Gasteiger partial charge in [-0.25, -0.2) is 4.68 Å². The second-order valence-corrected chi connectivity index (χ2v) is 4.80. The average molecular weight is 289 g/mol. The first-order valence-electron chi connectivity index (χ1n) is 6.87. The van der Waals surface area contributed by atoms with Gasteiger partial charge < -0.3 is 11.1 Å². The Kier molecular flexibility index (Phi) is 3.50. The van der Waals surface area contributed by atoms with Crippen LogP contribution in [-0.4, -0.2) is 16.8 Å². The van der Waals surface area contributed by atoms with Crippen molar-refractivity contribution in [1.29, 1.82) is 5.26 Å². The molecule has 22 heavy (non-hydrogen) atoms. The largest absolute Gasteiger partial charge is 0.388 e. The molecule has 0 amide bonds. The SMILES string of the molecule is CNc1ccc(-c2nn(-c3ccccc3)c(N)c2C#N)cc1. The molecule has 0 fully saturated rings. The number of benzene rings is 2. The number of para-hydroxylation sites is 1. The van der Waals surface area contributed by atoms with E-state index in [1.54, 1.807) is 4.68 Å². The molecule has 0 unspecified atom stereocenters. The summed E-state index contributed by atoms with van der Waals surface area (Å²) in [5, 5.41) is 17.0. The third-order valence-corrected chi connectivity index (χ3v) is 3.48. The van der Waals surface area contributed by atoms with Crippen molar-refractivity contribution in [3.63, 3.8) is 0 Å². The van der Waals surface area contributed by atoms with Crippen LogP contribution in [0.5, 0.6) is 0 Å². The van der Waals surface area contributed by atoms with Gasteiger partial charge in [-0.05, 0) is 24.3 Å². The summed E-state index contributed by atoms with van der Waals surface area (Å²) in [4.78, 5) is 0. The molecule has 3 aromatic rings. The first kappa shape index (κ1) is 13.7. The second-order valence-electron chi connectivity index (χ2n) is 4.80. The number of nitrogen functional groups attached to an aromatic ring is 1. The van der Waals surface area contributed by atoms with E-state index in [0.29, 0.717) is 17.1 Å². The average Bonchev–Trinajstić information content (AvgIpc) is 2.92. The van der Waals surface area contributed by atoms with Gasteiger partial charge in [0, 0.05) is 18.3 Å². The number of hydrogen-bond acceptors (Lipinski definition) is 4. The fourth-order valence-electron chi connectivity index (χ4n) is 2.30. The lowest BCUT2D eigenvalue weighted by atomic mass is 10.1. The van der Waals surface area contributed by atoms with Crippen molar-refractivity contribution in [2.75, 3.05) is 18.1 Å². The molecule has 2 aromatic carbocycles. The summed E-state index contributed by atoms with van der Waals surface area (Å²) >= 11 is 0. The molecule has 5 heteroatoms. The summed E-state index contributed by atoms with van der Waals surface area (Å²) in [5.74, 6) is 0.349. The van der Waals surface area contributed by atoms with Crippen molar-refractivity contribution in [1.82, 2.24) is 9.78 Å². The van der Waals surface area contributed by atoms with Crippen LogP contribution in [-0.2, 0) is 0 Å². The van der Waals surface area contributed by atoms with Gasteiger partial charge in [0.15, 0.2) is 0 Å². The fourth-order valence-corrected chi connectivity index (χ4v) is 2.30. The molecule has 0 aliphatic carbocycles. The molecule has 0 aliphatic heterocycles. The predicted molar refractivity (Wildman–Crippen MR) is 87.7 cm³/mol. The summed E-state index contributed by atoms with van der Waals surface area (Å²) in [6.07, 6.45) is 0. The summed E-state index contributed by atoms with van der Waals surface area (Å²) in [6.45, 7) is 0. The van der Waals surface area contributed by atoms with Crippen LogP contribution in [0.1, 0.15) is 5.56 Å². The van der Waals surface area contributed by atoms with Crippen LogP contribution < -0.4 is 11.1 Å². The van der Waals surface area contributed by atoms with Crippen LogP contribution in [0.15, 0.2) is 54.6 Å². The Balaban J connectivity index is 2.14. The minimum atomic E-state index is 0.349. The molecule has 0 atom stereocenters. The van der Waals surface area contributed by atoms with E-state index in [-0.39, 0.29) is 0 Å². The molecule has 3 N–H and O–H groups in total. The molecule has 0 aliphatic rings. The molecule has 108 valence electrons. The van der Waals surface area contributed by atoms with Crippen LogP contribution in [0, 0.1) is 11.3 Å². The second kappa shape index (κ2) is 5.62. The predicted octanol–water partition coefficient (Wildman–Crippen LogP) is 3.03. The number of nitrogens with zero attached hydrogens (tertiary/aromatic N) is 3. The Bertz CT molecular complexity index is 826. The molecule has 0 saturated carbocycles. The van der Waals surface area contributed by atoms with Crippen molar-refractivity contribution in [3.8, 4) is 23.0 Å². The lowest BCUT2D eigenvalue weighted by molar-refractivity contribution is 0.895. The Hall–Kier alpha value is -3.26. The third-order valence-electron chi connectivity index (χ3n) is 3.48. The van der Waals surface area contributed by atoms with E-state index in [1.165, 1.54) is 0 Å². The maximum Gasteiger partial charge on any atom is 0.145 e. The van der Waals surface area contributed by atoms with Gasteiger partial charge in [-0.2, -0.15) is 10.4 Å². The molecule has 3 rings (SSSR count). The zero-order chi connectivity index (χ0) is 15.5. The van der Waals surface area contributed by atoms with E-state index in [2.05, 4.69) is 16.5 Å². The highest BCUT2D eigenvalue weighted by molar-refractivity contribution is 5.74. The number of aromatic nitrogens is 2. The molecular weight excluding hydrogens is 274 g/mol. The van der Waals surface area contributed by atoms with E-state index < -0.39 is 0 Å². The molecule has 0 radical (unpaired) electrons. The number of rotatable bonds is 3. The molecule has 0 saturated heterocycles. The number of anilines is 2. The molecule has 0 spiro atoms. The van der Waals surface area contributed by atoms with Crippen molar-refractivity contribution < 1.29 is 0 Å². The number of nitrogens with two attached hydrogens (primary N) is 1. The number of nitriles is 1. The third kappa shape index (κ3) is 2.27. The van der Waals surface area contributed by atoms with Gasteiger partial charge in [0.25, 0.3) is 0 Å². The highest BCUT2D eigenvalue weighted by Crippen LogP contribution is 2.29. The number of hydrogen-bond donors (Lipinski definition) is 2. The van der Waals surface area contributed by atoms with Gasteiger partial charge in [-0.1, -0.05) is 30.3 Å². The van der Waals surface area contributed by atoms with Crippen LogP contribution in [0.2, 0.25) is 0 Å². The van der Waals surface area contributed by atoms with Crippen molar-refractivity contribution in [3.05, 3.63) is 60.2 Å². The highest BCUT2D eigenvalue weighted by Gasteiger charge is 2.17. The maximum atomic E-state index is 9.43. The zero-order valence-corrected chi connectivity index (χ0v) is 12.1. The van der Waals surface area contributed by atoms with Crippen molar-refractivity contribution >= 4 is 11.5 Å². The number of nitrogens with one attached hydrogen (secondary N) is 1. The minimum absolute atomic E-state index is 0.349. The Morgan fingerprint density at radius 3 is 2.36 bits per heavy atom. The smallest absolute Gasteiger partial charge is 0.145 e. The quantitative estimate of drug-likeness (QED) is 0.776. The Morgan fingerprint density at radius 1 is 1.09 bits per heavy atom. The lowest BCUT2D eigenvalue weighted by Crippen LogP contribution is -2.01. The van der Waals surface area contributed by atoms with Gasteiger partial charge in [-0.15, -0.1) is 0 Å². The Morgan fingerprint density at radius 2 is 1.77 bits per heavy atom. The zero-order valence-electron chi connectivity index (χ0n) is 12.1. The van der Waals surface area contributed by atoms with Crippen molar-refractivity contribution in [2.24, 2.45) is 0 Å². The highest BCUT2D eigenvalue weighted by atomic mass is 15.3. The molecule has 1 aromatic heterocycles. The maximum absolute atomic E-state index is 9.43. The van der Waals surface area contributed by atoms with Gasteiger partial charge in [0.2, 0.25) is 0 Å². The lowest BCUT2D eigenvalue weighted by Gasteiger charge is -2.03. The van der Waals surface area contributed by atoms with E-state index >= 15 is 0 Å². The summed E-state index contributed by atoms with van der Waals surface area (Å²) in [7, 11) is 1.86. The topological polar surface area (TPSA) is 79.7 Å². The molecule has 0 bridgehead atoms. The van der Waals surface area contributed by atoms with E-state index in [4.69, 9.17) is 5.73 Å². The summed E-state index contributed by atoms with van der Waals surface area (Å²) < 4.78 is 1.60. The van der Waals surface area contributed by atoms with E-state index in [9.17, 15) is 5.26 Å². The monoisotopic (exact) mass is 289 g/mol. The van der Waals surface area contributed by atoms with Gasteiger partial charge in [0.05, 0.1) is 5.69 Å². The van der Waals surface area contributed by atoms with Crippen LogP contribution in [0.25, 0.3) is 16.9 Å². The summed E-state index contributed by atoms with van der Waals surface area (Å²) in [5.41, 5.74) is 9.77. The molecular formula is C17H15N5. The van der Waals surface area contributed by atoms with Gasteiger partial charge in [-0.3, -0.25) is 0 Å². The first-order valence-corrected chi connectivity index (χ1v) is 6.87. The standard InChI is InChI=1S/C17H15N5/c1-20-13-9-7-12(8-10-13)16-15(11-18)17(19)22(21-16)14-5-3-2-4-6-14/h2-10,20H,19H2,1H3. The minimum Gasteiger partial charge on any atom is -0.388 e. The van der Waals surface area contributed by atoms with Crippen LogP contribution >= 0.6 is 0 Å². The van der Waals surface area contributed by atoms with Crippen LogP contribution in [0.4, 0.5) is 11.5 Å². The van der Waals surface area contributed by atoms with E-state index in [1.807, 2.05) is 61.6 Å². The molecule has 1 heterocycles. The van der Waals surface area contributed by atoms with Crippen LogP contribution in [0.3, 0.4) is 0 Å². The first-order chi connectivity index (χ1) is 10.7. The van der Waals surface area contributed by atoms with Crippen molar-refractivity contribution in [2.45, 2.75) is 0 Å². The fraction of sp³-hybridized carbons (Fsp3) is 0.0588. The summed E-state index contributed by atoms with van der Waals surface area (Å²) in [6, 6.07) is 19.4. The van der Waals surface area contributed by atoms with Gasteiger partial charge in [0.1, 0.15) is 23.1 Å². The Labute approximate surface area is 128 Å².